The molecule has 1 aliphatic carbocycles. The Kier molecular flexibility index (Phi) is 3.82. The molecule has 0 aromatic heterocycles. The summed E-state index contributed by atoms with van der Waals surface area (Å²) >= 11 is 0. The molecule has 0 aliphatic heterocycles. The molecule has 94 valence electrons. The number of halogens is 1. The van der Waals surface area contributed by atoms with Crippen LogP contribution in [-0.4, -0.2) is 5.67 Å². The quantitative estimate of drug-likeness (QED) is 0.844. The highest BCUT2D eigenvalue weighted by atomic mass is 19.1. The highest BCUT2D eigenvalue weighted by Crippen LogP contribution is 2.35. The number of benzene rings is 1. The van der Waals surface area contributed by atoms with Crippen LogP contribution in [0.25, 0.3) is 0 Å². The molecule has 1 aromatic rings. The van der Waals surface area contributed by atoms with Crippen molar-refractivity contribution in [1.82, 2.24) is 0 Å². The van der Waals surface area contributed by atoms with Crippen LogP contribution in [0.15, 0.2) is 24.3 Å². The average molecular weight is 235 g/mol. The second-order valence-electron chi connectivity index (χ2n) is 5.42. The van der Waals surface area contributed by atoms with Crippen LogP contribution >= 0.6 is 0 Å². The molecule has 0 spiro atoms. The number of hydrogen-bond donors (Lipinski definition) is 1. The van der Waals surface area contributed by atoms with Crippen molar-refractivity contribution in [1.29, 1.82) is 0 Å². The molecule has 0 bridgehead atoms. The standard InChI is InChI=1S/C15H22FN/c1-12(17)14-7-5-6-13(10-14)11-15(16)8-3-2-4-9-15/h5-7,10,12H,2-4,8-9,11,17H2,1H3. The third-order valence-electron chi connectivity index (χ3n) is 3.75. The summed E-state index contributed by atoms with van der Waals surface area (Å²) < 4.78 is 14.6. The molecule has 1 aliphatic rings. The third-order valence-corrected chi connectivity index (χ3v) is 3.75. The molecule has 1 saturated carbocycles. The van der Waals surface area contributed by atoms with Gasteiger partial charge in [0.05, 0.1) is 0 Å². The first-order valence-corrected chi connectivity index (χ1v) is 6.62. The second-order valence-corrected chi connectivity index (χ2v) is 5.42. The Morgan fingerprint density at radius 2 is 2.00 bits per heavy atom. The van der Waals surface area contributed by atoms with Gasteiger partial charge in [-0.15, -0.1) is 0 Å². The lowest BCUT2D eigenvalue weighted by atomic mass is 9.82. The molecule has 1 nitrogen and oxygen atoms in total. The topological polar surface area (TPSA) is 26.0 Å². The maximum atomic E-state index is 14.6. The highest BCUT2D eigenvalue weighted by Gasteiger charge is 2.31. The van der Waals surface area contributed by atoms with Crippen LogP contribution in [0.5, 0.6) is 0 Å². The summed E-state index contributed by atoms with van der Waals surface area (Å²) in [5.41, 5.74) is 7.06. The number of hydrogen-bond acceptors (Lipinski definition) is 1. The summed E-state index contributed by atoms with van der Waals surface area (Å²) in [4.78, 5) is 0. The van der Waals surface area contributed by atoms with Crippen LogP contribution in [0, 0.1) is 0 Å². The van der Waals surface area contributed by atoms with Gasteiger partial charge in [0.1, 0.15) is 5.67 Å². The van der Waals surface area contributed by atoms with Crippen LogP contribution in [0.3, 0.4) is 0 Å². The van der Waals surface area contributed by atoms with Crippen molar-refractivity contribution in [3.63, 3.8) is 0 Å². The summed E-state index contributed by atoms with van der Waals surface area (Å²) in [6.07, 6.45) is 5.23. The van der Waals surface area contributed by atoms with E-state index < -0.39 is 5.67 Å². The summed E-state index contributed by atoms with van der Waals surface area (Å²) in [7, 11) is 0. The lowest BCUT2D eigenvalue weighted by Gasteiger charge is -2.29. The van der Waals surface area contributed by atoms with E-state index in [0.717, 1.165) is 36.8 Å². The van der Waals surface area contributed by atoms with Crippen molar-refractivity contribution in [3.05, 3.63) is 35.4 Å². The summed E-state index contributed by atoms with van der Waals surface area (Å²) in [6, 6.07) is 8.10. The number of alkyl halides is 1. The Balaban J connectivity index is 2.09. The normalized spacial score (nSPS) is 21.1. The Labute approximate surface area is 103 Å². The van der Waals surface area contributed by atoms with Gasteiger partial charge in [-0.1, -0.05) is 43.5 Å². The molecule has 1 unspecified atom stereocenters. The minimum atomic E-state index is -0.977. The first kappa shape index (κ1) is 12.6. The molecule has 17 heavy (non-hydrogen) atoms. The Hall–Kier alpha value is -0.890. The lowest BCUT2D eigenvalue weighted by molar-refractivity contribution is 0.107. The minimum Gasteiger partial charge on any atom is -0.324 e. The molecule has 0 heterocycles. The van der Waals surface area contributed by atoms with Crippen LogP contribution in [-0.2, 0) is 6.42 Å². The minimum absolute atomic E-state index is 0.0249. The first-order valence-electron chi connectivity index (χ1n) is 6.62. The zero-order valence-corrected chi connectivity index (χ0v) is 10.6. The maximum Gasteiger partial charge on any atom is 0.115 e. The Morgan fingerprint density at radius 3 is 2.65 bits per heavy atom. The molecular formula is C15H22FN. The molecule has 1 atom stereocenters. The Bertz CT molecular complexity index is 367. The number of nitrogens with two attached hydrogens (primary N) is 1. The summed E-state index contributed by atoms with van der Waals surface area (Å²) in [5.74, 6) is 0. The highest BCUT2D eigenvalue weighted by molar-refractivity contribution is 5.26. The fourth-order valence-corrected chi connectivity index (χ4v) is 2.71. The van der Waals surface area contributed by atoms with Gasteiger partial charge in [0.2, 0.25) is 0 Å². The molecule has 1 fully saturated rings. The lowest BCUT2D eigenvalue weighted by Crippen LogP contribution is -2.28. The third kappa shape index (κ3) is 3.29. The van der Waals surface area contributed by atoms with Gasteiger partial charge >= 0.3 is 0 Å². The van der Waals surface area contributed by atoms with Gasteiger partial charge in [0, 0.05) is 12.5 Å². The van der Waals surface area contributed by atoms with E-state index in [0.29, 0.717) is 6.42 Å². The SMILES string of the molecule is CC(N)c1cccc(CC2(F)CCCCC2)c1. The first-order chi connectivity index (χ1) is 8.09. The van der Waals surface area contributed by atoms with E-state index in [9.17, 15) is 4.39 Å². The fraction of sp³-hybridized carbons (Fsp3) is 0.600. The van der Waals surface area contributed by atoms with E-state index in [4.69, 9.17) is 5.73 Å². The zero-order chi connectivity index (χ0) is 12.3. The van der Waals surface area contributed by atoms with Gasteiger partial charge in [0.15, 0.2) is 0 Å². The molecule has 2 rings (SSSR count). The Morgan fingerprint density at radius 1 is 1.29 bits per heavy atom. The largest absolute Gasteiger partial charge is 0.324 e. The molecule has 2 heteroatoms. The van der Waals surface area contributed by atoms with Crippen molar-refractivity contribution in [2.24, 2.45) is 5.73 Å². The smallest absolute Gasteiger partial charge is 0.115 e. The molecule has 0 amide bonds. The van der Waals surface area contributed by atoms with Crippen molar-refractivity contribution in [2.75, 3.05) is 0 Å². The monoisotopic (exact) mass is 235 g/mol. The average Bonchev–Trinajstić information content (AvgIpc) is 2.29. The predicted octanol–water partition coefficient (Wildman–Crippen LogP) is 3.92. The molecular weight excluding hydrogens is 213 g/mol. The van der Waals surface area contributed by atoms with Crippen LogP contribution in [0.2, 0.25) is 0 Å². The van der Waals surface area contributed by atoms with E-state index in [1.165, 1.54) is 6.42 Å². The van der Waals surface area contributed by atoms with E-state index in [2.05, 4.69) is 6.07 Å². The van der Waals surface area contributed by atoms with Gasteiger partial charge in [-0.3, -0.25) is 0 Å². The molecule has 0 radical (unpaired) electrons. The molecule has 1 aromatic carbocycles. The van der Waals surface area contributed by atoms with Crippen molar-refractivity contribution in [3.8, 4) is 0 Å². The zero-order valence-electron chi connectivity index (χ0n) is 10.6. The molecule has 0 saturated heterocycles. The van der Waals surface area contributed by atoms with Gasteiger partial charge in [-0.25, -0.2) is 4.39 Å². The van der Waals surface area contributed by atoms with E-state index in [-0.39, 0.29) is 6.04 Å². The van der Waals surface area contributed by atoms with Crippen molar-refractivity contribution >= 4 is 0 Å². The van der Waals surface area contributed by atoms with E-state index >= 15 is 0 Å². The maximum absolute atomic E-state index is 14.6. The number of rotatable bonds is 3. The van der Waals surface area contributed by atoms with E-state index in [1.807, 2.05) is 25.1 Å². The van der Waals surface area contributed by atoms with Crippen LogP contribution in [0.1, 0.15) is 56.2 Å². The van der Waals surface area contributed by atoms with Crippen molar-refractivity contribution in [2.45, 2.75) is 57.2 Å². The summed E-state index contributed by atoms with van der Waals surface area (Å²) in [5, 5.41) is 0. The molecule has 2 N–H and O–H groups in total. The predicted molar refractivity (Wildman–Crippen MR) is 69.7 cm³/mol. The van der Waals surface area contributed by atoms with Gasteiger partial charge in [0.25, 0.3) is 0 Å². The summed E-state index contributed by atoms with van der Waals surface area (Å²) in [6.45, 7) is 1.96. The second kappa shape index (κ2) is 5.18. The van der Waals surface area contributed by atoms with Crippen LogP contribution in [0.4, 0.5) is 4.39 Å². The van der Waals surface area contributed by atoms with E-state index in [1.54, 1.807) is 0 Å². The van der Waals surface area contributed by atoms with Crippen molar-refractivity contribution < 1.29 is 4.39 Å². The van der Waals surface area contributed by atoms with Gasteiger partial charge in [-0.05, 0) is 30.9 Å². The fourth-order valence-electron chi connectivity index (χ4n) is 2.71. The van der Waals surface area contributed by atoms with Crippen LogP contribution < -0.4 is 5.73 Å². The van der Waals surface area contributed by atoms with Gasteiger partial charge in [-0.2, -0.15) is 0 Å². The van der Waals surface area contributed by atoms with Gasteiger partial charge < -0.3 is 5.73 Å².